The summed E-state index contributed by atoms with van der Waals surface area (Å²) in [5, 5.41) is 2.69. The molecule has 0 aliphatic rings. The monoisotopic (exact) mass is 361 g/mol. The molecule has 1 aromatic rings. The molecule has 1 amide bonds. The number of ether oxygens (including phenoxy) is 1. The maximum absolute atomic E-state index is 12.0. The van der Waals surface area contributed by atoms with E-state index in [0.717, 1.165) is 3.57 Å². The quantitative estimate of drug-likeness (QED) is 0.661. The van der Waals surface area contributed by atoms with Gasteiger partial charge in [0.25, 0.3) is 5.91 Å². The van der Waals surface area contributed by atoms with E-state index in [1.807, 2.05) is 26.0 Å². The lowest BCUT2D eigenvalue weighted by Gasteiger charge is -2.19. The Balaban J connectivity index is 2.78. The van der Waals surface area contributed by atoms with Gasteiger partial charge in [0, 0.05) is 9.13 Å². The van der Waals surface area contributed by atoms with Crippen LogP contribution in [0.4, 0.5) is 0 Å². The molecule has 0 aliphatic carbocycles. The third-order valence-corrected chi connectivity index (χ3v) is 3.23. The van der Waals surface area contributed by atoms with Crippen molar-refractivity contribution in [2.75, 3.05) is 7.11 Å². The van der Waals surface area contributed by atoms with Gasteiger partial charge in [0.15, 0.2) is 0 Å². The molecule has 4 nitrogen and oxygen atoms in total. The summed E-state index contributed by atoms with van der Waals surface area (Å²) in [7, 11) is 1.31. The number of hydrogen-bond donors (Lipinski definition) is 1. The molecule has 0 aliphatic heterocycles. The number of methoxy groups -OCH3 is 1. The predicted octanol–water partition coefficient (Wildman–Crippen LogP) is 2.22. The van der Waals surface area contributed by atoms with Gasteiger partial charge in [-0.1, -0.05) is 13.8 Å². The standard InChI is InChI=1S/C13H16INO3/c1-8(2)11(13(17)18-3)15-12(16)9-4-6-10(14)7-5-9/h4-8,11H,1-3H3,(H,15,16)/t11-/m0/s1. The van der Waals surface area contributed by atoms with E-state index in [1.165, 1.54) is 7.11 Å². The zero-order chi connectivity index (χ0) is 13.7. The van der Waals surface area contributed by atoms with Gasteiger partial charge in [0.2, 0.25) is 0 Å². The van der Waals surface area contributed by atoms with Crippen molar-refractivity contribution in [2.24, 2.45) is 5.92 Å². The third-order valence-electron chi connectivity index (χ3n) is 2.51. The van der Waals surface area contributed by atoms with Gasteiger partial charge in [-0.2, -0.15) is 0 Å². The van der Waals surface area contributed by atoms with Gasteiger partial charge >= 0.3 is 5.97 Å². The molecule has 0 aromatic heterocycles. The molecule has 0 saturated heterocycles. The second-order valence-corrected chi connectivity index (χ2v) is 5.47. The predicted molar refractivity (Wildman–Crippen MR) is 77.3 cm³/mol. The first-order chi connectivity index (χ1) is 8.45. The Hall–Kier alpha value is -1.11. The number of amides is 1. The van der Waals surface area contributed by atoms with E-state index in [0.29, 0.717) is 5.56 Å². The van der Waals surface area contributed by atoms with Gasteiger partial charge in [0.1, 0.15) is 6.04 Å². The second-order valence-electron chi connectivity index (χ2n) is 4.23. The van der Waals surface area contributed by atoms with Crippen molar-refractivity contribution in [3.8, 4) is 0 Å². The highest BCUT2D eigenvalue weighted by atomic mass is 127. The Morgan fingerprint density at radius 3 is 2.22 bits per heavy atom. The molecule has 0 radical (unpaired) electrons. The highest BCUT2D eigenvalue weighted by Crippen LogP contribution is 2.09. The number of hydrogen-bond acceptors (Lipinski definition) is 3. The number of nitrogens with one attached hydrogen (secondary N) is 1. The SMILES string of the molecule is COC(=O)[C@@H](NC(=O)c1ccc(I)cc1)C(C)C. The summed E-state index contributed by atoms with van der Waals surface area (Å²) < 4.78 is 5.73. The number of rotatable bonds is 4. The largest absolute Gasteiger partial charge is 0.467 e. The molecule has 5 heteroatoms. The first-order valence-corrected chi connectivity index (χ1v) is 6.68. The molecule has 1 atom stereocenters. The number of esters is 1. The number of carbonyl (C=O) groups is 2. The van der Waals surface area contributed by atoms with Crippen LogP contribution in [-0.2, 0) is 9.53 Å². The Kier molecular flexibility index (Phi) is 5.58. The van der Waals surface area contributed by atoms with Crippen molar-refractivity contribution in [1.82, 2.24) is 5.32 Å². The van der Waals surface area contributed by atoms with Crippen LogP contribution in [0, 0.1) is 9.49 Å². The van der Waals surface area contributed by atoms with Crippen molar-refractivity contribution in [1.29, 1.82) is 0 Å². The molecule has 0 heterocycles. The maximum atomic E-state index is 12.0. The summed E-state index contributed by atoms with van der Waals surface area (Å²) in [6, 6.07) is 6.52. The van der Waals surface area contributed by atoms with E-state index >= 15 is 0 Å². The Morgan fingerprint density at radius 2 is 1.78 bits per heavy atom. The molecular formula is C13H16INO3. The average Bonchev–Trinajstić information content (AvgIpc) is 2.35. The van der Waals surface area contributed by atoms with Gasteiger partial charge in [-0.05, 0) is 52.8 Å². The summed E-state index contributed by atoms with van der Waals surface area (Å²) in [6.07, 6.45) is 0. The molecule has 0 saturated carbocycles. The first kappa shape index (κ1) is 14.9. The number of carbonyl (C=O) groups excluding carboxylic acids is 2. The van der Waals surface area contributed by atoms with Crippen LogP contribution in [0.1, 0.15) is 24.2 Å². The average molecular weight is 361 g/mol. The lowest BCUT2D eigenvalue weighted by atomic mass is 10.0. The van der Waals surface area contributed by atoms with E-state index in [-0.39, 0.29) is 11.8 Å². The van der Waals surface area contributed by atoms with E-state index in [9.17, 15) is 9.59 Å². The van der Waals surface area contributed by atoms with Crippen LogP contribution >= 0.6 is 22.6 Å². The summed E-state index contributed by atoms with van der Waals surface area (Å²) in [4.78, 5) is 23.5. The van der Waals surface area contributed by atoms with Crippen molar-refractivity contribution < 1.29 is 14.3 Å². The van der Waals surface area contributed by atoms with E-state index in [2.05, 4.69) is 32.6 Å². The fraction of sp³-hybridized carbons (Fsp3) is 0.385. The van der Waals surface area contributed by atoms with Crippen molar-refractivity contribution >= 4 is 34.5 Å². The number of halogens is 1. The topological polar surface area (TPSA) is 55.4 Å². The van der Waals surface area contributed by atoms with Gasteiger partial charge in [-0.15, -0.1) is 0 Å². The fourth-order valence-corrected chi connectivity index (χ4v) is 1.81. The molecule has 98 valence electrons. The van der Waals surface area contributed by atoms with Crippen LogP contribution in [0.2, 0.25) is 0 Å². The summed E-state index contributed by atoms with van der Waals surface area (Å²) >= 11 is 2.17. The minimum absolute atomic E-state index is 0.0229. The highest BCUT2D eigenvalue weighted by Gasteiger charge is 2.25. The maximum Gasteiger partial charge on any atom is 0.328 e. The van der Waals surface area contributed by atoms with Crippen molar-refractivity contribution in [2.45, 2.75) is 19.9 Å². The molecule has 18 heavy (non-hydrogen) atoms. The van der Waals surface area contributed by atoms with E-state index in [4.69, 9.17) is 0 Å². The summed E-state index contributed by atoms with van der Waals surface area (Å²) in [6.45, 7) is 3.71. The lowest BCUT2D eigenvalue weighted by molar-refractivity contribution is -0.144. The Morgan fingerprint density at radius 1 is 1.22 bits per heavy atom. The van der Waals surface area contributed by atoms with E-state index < -0.39 is 12.0 Å². The first-order valence-electron chi connectivity index (χ1n) is 5.60. The van der Waals surface area contributed by atoms with E-state index in [1.54, 1.807) is 12.1 Å². The van der Waals surface area contributed by atoms with Gasteiger partial charge < -0.3 is 10.1 Å². The molecule has 1 aromatic carbocycles. The number of benzene rings is 1. The second kappa shape index (κ2) is 6.72. The zero-order valence-electron chi connectivity index (χ0n) is 10.6. The van der Waals surface area contributed by atoms with Crippen LogP contribution < -0.4 is 5.32 Å². The molecule has 1 N–H and O–H groups in total. The molecule has 0 bridgehead atoms. The third kappa shape index (κ3) is 3.97. The van der Waals surface area contributed by atoms with Crippen LogP contribution in [0.5, 0.6) is 0 Å². The molecular weight excluding hydrogens is 345 g/mol. The normalized spacial score (nSPS) is 12.1. The van der Waals surface area contributed by atoms with Crippen LogP contribution in [0.25, 0.3) is 0 Å². The lowest BCUT2D eigenvalue weighted by Crippen LogP contribution is -2.45. The molecule has 0 fully saturated rings. The Labute approximate surface area is 120 Å². The van der Waals surface area contributed by atoms with Crippen molar-refractivity contribution in [3.63, 3.8) is 0 Å². The summed E-state index contributed by atoms with van der Waals surface area (Å²) in [5.41, 5.74) is 0.532. The van der Waals surface area contributed by atoms with Gasteiger partial charge in [-0.25, -0.2) is 4.79 Å². The van der Waals surface area contributed by atoms with Crippen molar-refractivity contribution in [3.05, 3.63) is 33.4 Å². The highest BCUT2D eigenvalue weighted by molar-refractivity contribution is 14.1. The summed E-state index contributed by atoms with van der Waals surface area (Å²) in [5.74, 6) is -0.718. The molecule has 1 rings (SSSR count). The van der Waals surface area contributed by atoms with Crippen LogP contribution in [0.15, 0.2) is 24.3 Å². The Bertz CT molecular complexity index is 428. The molecule has 0 unspecified atom stereocenters. The zero-order valence-corrected chi connectivity index (χ0v) is 12.7. The minimum atomic E-state index is -0.623. The molecule has 0 spiro atoms. The van der Waals surface area contributed by atoms with Gasteiger partial charge in [0.05, 0.1) is 7.11 Å². The smallest absolute Gasteiger partial charge is 0.328 e. The van der Waals surface area contributed by atoms with Crippen LogP contribution in [-0.4, -0.2) is 25.0 Å². The fourth-order valence-electron chi connectivity index (χ4n) is 1.45. The minimum Gasteiger partial charge on any atom is -0.467 e. The van der Waals surface area contributed by atoms with Gasteiger partial charge in [-0.3, -0.25) is 4.79 Å². The van der Waals surface area contributed by atoms with Crippen LogP contribution in [0.3, 0.4) is 0 Å².